The first-order valence-electron chi connectivity index (χ1n) is 10.2. The molecule has 3 aromatic rings. The summed E-state index contributed by atoms with van der Waals surface area (Å²) < 4.78 is 5.93. The molecule has 9 heteroatoms. The summed E-state index contributed by atoms with van der Waals surface area (Å²) in [7, 11) is 0. The van der Waals surface area contributed by atoms with Gasteiger partial charge in [0.2, 0.25) is 5.91 Å². The minimum atomic E-state index is -0.383. The number of pyridine rings is 1. The molecule has 0 radical (unpaired) electrons. The number of halogens is 1. The number of hydrogen-bond donors (Lipinski definition) is 2. The molecule has 0 spiro atoms. The van der Waals surface area contributed by atoms with Gasteiger partial charge >= 0.3 is 0 Å². The van der Waals surface area contributed by atoms with Gasteiger partial charge in [-0.1, -0.05) is 6.07 Å². The van der Waals surface area contributed by atoms with E-state index in [0.29, 0.717) is 43.0 Å². The molecule has 3 heterocycles. The number of carbonyl (C=O) groups excluding carboxylic acids is 3. The van der Waals surface area contributed by atoms with E-state index in [2.05, 4.69) is 31.5 Å². The van der Waals surface area contributed by atoms with Gasteiger partial charge in [-0.3, -0.25) is 14.4 Å². The Bertz CT molecular complexity index is 1110. The molecule has 1 saturated heterocycles. The fraction of sp³-hybridized carbons (Fsp3) is 0.217. The fourth-order valence-corrected chi connectivity index (χ4v) is 3.77. The molecular weight excluding hydrogens is 476 g/mol. The summed E-state index contributed by atoms with van der Waals surface area (Å²) in [6.45, 7) is 0.960. The number of hydrogen-bond acceptors (Lipinski definition) is 5. The van der Waals surface area contributed by atoms with E-state index < -0.39 is 0 Å². The number of amides is 3. The molecule has 0 aliphatic carbocycles. The molecule has 0 bridgehead atoms. The van der Waals surface area contributed by atoms with Gasteiger partial charge in [-0.05, 0) is 71.2 Å². The van der Waals surface area contributed by atoms with Crippen LogP contribution in [-0.4, -0.2) is 40.7 Å². The van der Waals surface area contributed by atoms with Crippen LogP contribution in [0.3, 0.4) is 0 Å². The zero-order chi connectivity index (χ0) is 22.5. The van der Waals surface area contributed by atoms with Crippen molar-refractivity contribution >= 4 is 45.2 Å². The van der Waals surface area contributed by atoms with Gasteiger partial charge in [0, 0.05) is 40.9 Å². The van der Waals surface area contributed by atoms with Gasteiger partial charge in [0.25, 0.3) is 11.8 Å². The van der Waals surface area contributed by atoms with Crippen LogP contribution in [0.2, 0.25) is 0 Å². The highest BCUT2D eigenvalue weighted by Crippen LogP contribution is 2.22. The number of furan rings is 1. The second kappa shape index (κ2) is 9.78. The number of nitrogens with zero attached hydrogens (tertiary/aromatic N) is 2. The van der Waals surface area contributed by atoms with Crippen LogP contribution in [0.5, 0.6) is 0 Å². The summed E-state index contributed by atoms with van der Waals surface area (Å²) in [5.41, 5.74) is 0.984. The second-order valence-corrected chi connectivity index (χ2v) is 8.35. The number of carbonyl (C=O) groups is 3. The summed E-state index contributed by atoms with van der Waals surface area (Å²) >= 11 is 3.32. The van der Waals surface area contributed by atoms with E-state index in [4.69, 9.17) is 4.42 Å². The number of anilines is 2. The van der Waals surface area contributed by atoms with Crippen LogP contribution < -0.4 is 10.6 Å². The van der Waals surface area contributed by atoms with Crippen LogP contribution in [0.15, 0.2) is 69.9 Å². The quantitative estimate of drug-likeness (QED) is 0.551. The number of aromatic nitrogens is 1. The van der Waals surface area contributed by atoms with Crippen molar-refractivity contribution in [2.24, 2.45) is 5.92 Å². The number of nitrogens with one attached hydrogen (secondary N) is 2. The van der Waals surface area contributed by atoms with Gasteiger partial charge in [-0.25, -0.2) is 4.98 Å². The monoisotopic (exact) mass is 496 g/mol. The third-order valence-corrected chi connectivity index (χ3v) is 5.71. The normalized spacial score (nSPS) is 14.1. The lowest BCUT2D eigenvalue weighted by atomic mass is 9.95. The maximum atomic E-state index is 12.9. The number of piperidine rings is 1. The van der Waals surface area contributed by atoms with Crippen molar-refractivity contribution in [1.29, 1.82) is 0 Å². The molecule has 0 saturated carbocycles. The maximum Gasteiger partial charge on any atom is 0.291 e. The zero-order valence-corrected chi connectivity index (χ0v) is 18.7. The Balaban J connectivity index is 1.32. The molecule has 4 rings (SSSR count). The van der Waals surface area contributed by atoms with Gasteiger partial charge in [-0.2, -0.15) is 0 Å². The Morgan fingerprint density at radius 3 is 2.53 bits per heavy atom. The van der Waals surface area contributed by atoms with E-state index in [9.17, 15) is 14.4 Å². The Morgan fingerprint density at radius 2 is 1.84 bits per heavy atom. The predicted molar refractivity (Wildman–Crippen MR) is 122 cm³/mol. The van der Waals surface area contributed by atoms with E-state index in [1.807, 2.05) is 6.07 Å². The highest BCUT2D eigenvalue weighted by Gasteiger charge is 2.28. The van der Waals surface area contributed by atoms with Crippen LogP contribution in [0.4, 0.5) is 11.5 Å². The highest BCUT2D eigenvalue weighted by atomic mass is 79.9. The average molecular weight is 497 g/mol. The van der Waals surface area contributed by atoms with Crippen molar-refractivity contribution in [3.63, 3.8) is 0 Å². The molecule has 1 fully saturated rings. The van der Waals surface area contributed by atoms with E-state index in [1.54, 1.807) is 53.6 Å². The van der Waals surface area contributed by atoms with Crippen molar-refractivity contribution in [2.75, 3.05) is 23.7 Å². The van der Waals surface area contributed by atoms with E-state index >= 15 is 0 Å². The Hall–Kier alpha value is -3.46. The SMILES string of the molecule is O=C(Nc1cccc(C(=O)N2CCC(C(=O)Nc3ccc(Br)cn3)CC2)c1)c1ccco1. The van der Waals surface area contributed by atoms with Gasteiger partial charge < -0.3 is 20.0 Å². The van der Waals surface area contributed by atoms with Crippen LogP contribution in [0, 0.1) is 5.92 Å². The third-order valence-electron chi connectivity index (χ3n) is 5.24. The molecule has 0 atom stereocenters. The lowest BCUT2D eigenvalue weighted by Gasteiger charge is -2.31. The van der Waals surface area contributed by atoms with Gasteiger partial charge in [0.1, 0.15) is 5.82 Å². The summed E-state index contributed by atoms with van der Waals surface area (Å²) in [6.07, 6.45) is 4.20. The first kappa shape index (κ1) is 21.8. The smallest absolute Gasteiger partial charge is 0.291 e. The Labute approximate surface area is 193 Å². The molecule has 164 valence electrons. The van der Waals surface area contributed by atoms with Crippen LogP contribution >= 0.6 is 15.9 Å². The lowest BCUT2D eigenvalue weighted by Crippen LogP contribution is -2.41. The third kappa shape index (κ3) is 5.23. The molecule has 2 aromatic heterocycles. The van der Waals surface area contributed by atoms with Crippen molar-refractivity contribution in [1.82, 2.24) is 9.88 Å². The summed E-state index contributed by atoms with van der Waals surface area (Å²) in [6, 6.07) is 13.5. The molecule has 1 aromatic carbocycles. The largest absolute Gasteiger partial charge is 0.459 e. The first-order chi connectivity index (χ1) is 15.5. The van der Waals surface area contributed by atoms with E-state index in [1.165, 1.54) is 6.26 Å². The molecule has 32 heavy (non-hydrogen) atoms. The van der Waals surface area contributed by atoms with Gasteiger partial charge in [0.15, 0.2) is 5.76 Å². The predicted octanol–water partition coefficient (Wildman–Crippen LogP) is 4.18. The summed E-state index contributed by atoms with van der Waals surface area (Å²) in [5, 5.41) is 5.56. The minimum Gasteiger partial charge on any atom is -0.459 e. The van der Waals surface area contributed by atoms with Crippen molar-refractivity contribution < 1.29 is 18.8 Å². The molecule has 8 nitrogen and oxygen atoms in total. The average Bonchev–Trinajstić information content (AvgIpc) is 3.36. The fourth-order valence-electron chi connectivity index (χ4n) is 3.54. The van der Waals surface area contributed by atoms with Crippen molar-refractivity contribution in [3.05, 3.63) is 76.8 Å². The zero-order valence-electron chi connectivity index (χ0n) is 17.1. The molecule has 0 unspecified atom stereocenters. The maximum absolute atomic E-state index is 12.9. The molecule has 2 N–H and O–H groups in total. The highest BCUT2D eigenvalue weighted by molar-refractivity contribution is 9.10. The number of benzene rings is 1. The van der Waals surface area contributed by atoms with Crippen molar-refractivity contribution in [3.8, 4) is 0 Å². The number of likely N-dealkylation sites (tertiary alicyclic amines) is 1. The minimum absolute atomic E-state index is 0.0884. The standard InChI is InChI=1S/C23H21BrN4O4/c24-17-6-7-20(25-14-17)27-21(29)15-8-10-28(11-9-15)23(31)16-3-1-4-18(13-16)26-22(30)19-5-2-12-32-19/h1-7,12-15H,8-11H2,(H,26,30)(H,25,27,29). The van der Waals surface area contributed by atoms with Gasteiger partial charge in [-0.15, -0.1) is 0 Å². The van der Waals surface area contributed by atoms with Crippen LogP contribution in [-0.2, 0) is 4.79 Å². The van der Waals surface area contributed by atoms with E-state index in [0.717, 1.165) is 4.47 Å². The summed E-state index contributed by atoms with van der Waals surface area (Å²) in [5.74, 6) is -0.0808. The lowest BCUT2D eigenvalue weighted by molar-refractivity contribution is -0.121. The van der Waals surface area contributed by atoms with Crippen LogP contribution in [0.25, 0.3) is 0 Å². The molecule has 3 amide bonds. The van der Waals surface area contributed by atoms with Gasteiger partial charge in [0.05, 0.1) is 6.26 Å². The topological polar surface area (TPSA) is 105 Å². The van der Waals surface area contributed by atoms with Crippen molar-refractivity contribution in [2.45, 2.75) is 12.8 Å². The van der Waals surface area contributed by atoms with Crippen LogP contribution in [0.1, 0.15) is 33.8 Å². The van der Waals surface area contributed by atoms with E-state index in [-0.39, 0.29) is 29.4 Å². The second-order valence-electron chi connectivity index (χ2n) is 7.43. The Kier molecular flexibility index (Phi) is 6.65. The Morgan fingerprint density at radius 1 is 1.03 bits per heavy atom. The first-order valence-corrected chi connectivity index (χ1v) is 11.0. The molecule has 1 aliphatic heterocycles. The molecule has 1 aliphatic rings. The summed E-state index contributed by atoms with van der Waals surface area (Å²) in [4.78, 5) is 43.5. The number of rotatable bonds is 5. The molecular formula is C23H21BrN4O4.